The highest BCUT2D eigenvalue weighted by Crippen LogP contribution is 2.16. The Kier molecular flexibility index (Phi) is 5.63. The minimum Gasteiger partial charge on any atom is -0.353 e. The Hall–Kier alpha value is -1.57. The summed E-state index contributed by atoms with van der Waals surface area (Å²) < 4.78 is 0. The summed E-state index contributed by atoms with van der Waals surface area (Å²) in [5.41, 5.74) is 0. The predicted octanol–water partition coefficient (Wildman–Crippen LogP) is 1.05. The van der Waals surface area contributed by atoms with Gasteiger partial charge in [-0.15, -0.1) is 0 Å². The van der Waals surface area contributed by atoms with Crippen LogP contribution in [0.15, 0.2) is 0 Å². The fourth-order valence-corrected chi connectivity index (χ4v) is 2.28. The van der Waals surface area contributed by atoms with Crippen molar-refractivity contribution in [3.63, 3.8) is 0 Å². The van der Waals surface area contributed by atoms with Gasteiger partial charge in [-0.1, -0.05) is 13.3 Å². The molecule has 0 aromatic rings. The van der Waals surface area contributed by atoms with E-state index in [1.165, 1.54) is 6.92 Å². The first kappa shape index (κ1) is 14.5. The summed E-state index contributed by atoms with van der Waals surface area (Å²) in [6, 6.07) is 2.25. The average molecular weight is 251 g/mol. The van der Waals surface area contributed by atoms with E-state index in [1.54, 1.807) is 4.90 Å². The van der Waals surface area contributed by atoms with Gasteiger partial charge in [-0.3, -0.25) is 9.59 Å². The summed E-state index contributed by atoms with van der Waals surface area (Å²) in [6.07, 6.45) is 3.01. The molecule has 0 aromatic carbocycles. The van der Waals surface area contributed by atoms with Crippen molar-refractivity contribution >= 4 is 11.8 Å². The minimum absolute atomic E-state index is 0.0272. The van der Waals surface area contributed by atoms with Crippen LogP contribution in [0.2, 0.25) is 0 Å². The van der Waals surface area contributed by atoms with Crippen molar-refractivity contribution in [3.05, 3.63) is 0 Å². The Morgan fingerprint density at radius 2 is 2.06 bits per heavy atom. The van der Waals surface area contributed by atoms with E-state index in [9.17, 15) is 9.59 Å². The second kappa shape index (κ2) is 7.00. The molecule has 1 N–H and O–H groups in total. The van der Waals surface area contributed by atoms with Crippen LogP contribution in [0.5, 0.6) is 0 Å². The van der Waals surface area contributed by atoms with Gasteiger partial charge in [0, 0.05) is 26.1 Å². The lowest BCUT2D eigenvalue weighted by molar-refractivity contribution is -0.135. The fraction of sp³-hybridized carbons (Fsp3) is 0.769. The maximum Gasteiger partial charge on any atom is 0.239 e. The van der Waals surface area contributed by atoms with Gasteiger partial charge < -0.3 is 10.2 Å². The van der Waals surface area contributed by atoms with Gasteiger partial charge in [-0.2, -0.15) is 5.26 Å². The van der Waals surface area contributed by atoms with Crippen molar-refractivity contribution in [2.75, 3.05) is 13.1 Å². The largest absolute Gasteiger partial charge is 0.353 e. The van der Waals surface area contributed by atoms with Crippen molar-refractivity contribution in [1.82, 2.24) is 10.2 Å². The molecule has 0 radical (unpaired) electrons. The van der Waals surface area contributed by atoms with E-state index in [4.69, 9.17) is 5.26 Å². The topological polar surface area (TPSA) is 73.2 Å². The first-order valence-corrected chi connectivity index (χ1v) is 6.54. The Labute approximate surface area is 108 Å². The molecule has 1 heterocycles. The van der Waals surface area contributed by atoms with E-state index in [0.29, 0.717) is 19.5 Å². The zero-order valence-electron chi connectivity index (χ0n) is 11.1. The van der Waals surface area contributed by atoms with Gasteiger partial charge in [0.25, 0.3) is 0 Å². The number of carbonyl (C=O) groups excluding carboxylic acids is 2. The molecular weight excluding hydrogens is 230 g/mol. The van der Waals surface area contributed by atoms with Crippen LogP contribution in [0.3, 0.4) is 0 Å². The van der Waals surface area contributed by atoms with Crippen LogP contribution in [0.25, 0.3) is 0 Å². The predicted molar refractivity (Wildman–Crippen MR) is 67.4 cm³/mol. The molecule has 0 aromatic heterocycles. The molecule has 1 aliphatic heterocycles. The van der Waals surface area contributed by atoms with E-state index in [0.717, 1.165) is 19.3 Å². The summed E-state index contributed by atoms with van der Waals surface area (Å²) >= 11 is 0. The SMILES string of the molecule is CCCC(C#N)C(=O)N1CCC(NC(C)=O)CC1. The Morgan fingerprint density at radius 3 is 2.50 bits per heavy atom. The molecule has 1 unspecified atom stereocenters. The van der Waals surface area contributed by atoms with Crippen LogP contribution in [-0.2, 0) is 9.59 Å². The number of nitriles is 1. The van der Waals surface area contributed by atoms with Crippen LogP contribution in [0.1, 0.15) is 39.5 Å². The Balaban J connectivity index is 2.45. The molecule has 0 saturated carbocycles. The van der Waals surface area contributed by atoms with Gasteiger partial charge >= 0.3 is 0 Å². The number of rotatable bonds is 4. The molecule has 1 fully saturated rings. The fourth-order valence-electron chi connectivity index (χ4n) is 2.28. The maximum atomic E-state index is 12.1. The van der Waals surface area contributed by atoms with E-state index >= 15 is 0 Å². The molecule has 0 spiro atoms. The smallest absolute Gasteiger partial charge is 0.239 e. The number of nitrogens with zero attached hydrogens (tertiary/aromatic N) is 2. The van der Waals surface area contributed by atoms with Crippen LogP contribution >= 0.6 is 0 Å². The van der Waals surface area contributed by atoms with E-state index < -0.39 is 5.92 Å². The van der Waals surface area contributed by atoms with Gasteiger partial charge in [0.1, 0.15) is 5.92 Å². The Morgan fingerprint density at radius 1 is 1.44 bits per heavy atom. The highest BCUT2D eigenvalue weighted by atomic mass is 16.2. The number of amides is 2. The number of hydrogen-bond donors (Lipinski definition) is 1. The Bertz CT molecular complexity index is 341. The molecule has 1 rings (SSSR count). The molecule has 5 heteroatoms. The number of carbonyl (C=O) groups is 2. The summed E-state index contributed by atoms with van der Waals surface area (Å²) in [5, 5.41) is 11.8. The summed E-state index contributed by atoms with van der Waals surface area (Å²) in [4.78, 5) is 24.7. The molecule has 100 valence electrons. The van der Waals surface area contributed by atoms with Crippen molar-refractivity contribution in [2.24, 2.45) is 5.92 Å². The number of nitrogens with one attached hydrogen (secondary N) is 1. The average Bonchev–Trinajstić information content (AvgIpc) is 2.35. The minimum atomic E-state index is -0.507. The van der Waals surface area contributed by atoms with Gasteiger partial charge in [0.2, 0.25) is 11.8 Å². The van der Waals surface area contributed by atoms with Crippen LogP contribution < -0.4 is 5.32 Å². The van der Waals surface area contributed by atoms with Crippen molar-refractivity contribution in [3.8, 4) is 6.07 Å². The second-order valence-electron chi connectivity index (χ2n) is 4.77. The third-order valence-corrected chi connectivity index (χ3v) is 3.25. The van der Waals surface area contributed by atoms with Crippen LogP contribution in [0.4, 0.5) is 0 Å². The first-order valence-electron chi connectivity index (χ1n) is 6.54. The maximum absolute atomic E-state index is 12.1. The van der Waals surface area contributed by atoms with Gasteiger partial charge in [0.05, 0.1) is 6.07 Å². The zero-order chi connectivity index (χ0) is 13.5. The lowest BCUT2D eigenvalue weighted by Gasteiger charge is -2.33. The highest BCUT2D eigenvalue weighted by molar-refractivity contribution is 5.81. The third-order valence-electron chi connectivity index (χ3n) is 3.25. The number of piperidine rings is 1. The third kappa shape index (κ3) is 4.02. The van der Waals surface area contributed by atoms with E-state index in [-0.39, 0.29) is 17.9 Å². The molecule has 5 nitrogen and oxygen atoms in total. The molecule has 1 atom stereocenters. The van der Waals surface area contributed by atoms with Crippen LogP contribution in [-0.4, -0.2) is 35.8 Å². The molecular formula is C13H21N3O2. The highest BCUT2D eigenvalue weighted by Gasteiger charge is 2.27. The first-order chi connectivity index (χ1) is 8.58. The number of hydrogen-bond acceptors (Lipinski definition) is 3. The van der Waals surface area contributed by atoms with Gasteiger partial charge in [-0.05, 0) is 19.3 Å². The van der Waals surface area contributed by atoms with Crippen molar-refractivity contribution in [2.45, 2.75) is 45.6 Å². The molecule has 0 aliphatic carbocycles. The quantitative estimate of drug-likeness (QED) is 0.811. The number of likely N-dealkylation sites (tertiary alicyclic amines) is 1. The monoisotopic (exact) mass is 251 g/mol. The summed E-state index contributed by atoms with van der Waals surface area (Å²) in [7, 11) is 0. The van der Waals surface area contributed by atoms with Gasteiger partial charge in [0.15, 0.2) is 0 Å². The summed E-state index contributed by atoms with van der Waals surface area (Å²) in [5.74, 6) is -0.589. The normalized spacial score (nSPS) is 17.9. The van der Waals surface area contributed by atoms with E-state index in [2.05, 4.69) is 11.4 Å². The molecule has 2 amide bonds. The van der Waals surface area contributed by atoms with Gasteiger partial charge in [-0.25, -0.2) is 0 Å². The lowest BCUT2D eigenvalue weighted by atomic mass is 10.00. The molecule has 0 bridgehead atoms. The molecule has 1 aliphatic rings. The van der Waals surface area contributed by atoms with Crippen LogP contribution in [0, 0.1) is 17.2 Å². The zero-order valence-corrected chi connectivity index (χ0v) is 11.1. The summed E-state index contributed by atoms with van der Waals surface area (Å²) in [6.45, 7) is 4.74. The van der Waals surface area contributed by atoms with Crippen molar-refractivity contribution < 1.29 is 9.59 Å². The molecule has 18 heavy (non-hydrogen) atoms. The van der Waals surface area contributed by atoms with E-state index in [1.807, 2.05) is 6.92 Å². The standard InChI is InChI=1S/C13H21N3O2/c1-3-4-11(9-14)13(18)16-7-5-12(6-8-16)15-10(2)17/h11-12H,3-8H2,1-2H3,(H,15,17). The molecule has 1 saturated heterocycles. The van der Waals surface area contributed by atoms with Crippen molar-refractivity contribution in [1.29, 1.82) is 5.26 Å². The lowest BCUT2D eigenvalue weighted by Crippen LogP contribution is -2.47. The second-order valence-corrected chi connectivity index (χ2v) is 4.77.